The number of nitrogens with one attached hydrogen (secondary N) is 1. The predicted molar refractivity (Wildman–Crippen MR) is 135 cm³/mol. The van der Waals surface area contributed by atoms with Crippen LogP contribution < -0.4 is 14.5 Å². The Bertz CT molecular complexity index is 1220. The van der Waals surface area contributed by atoms with Gasteiger partial charge in [-0.05, 0) is 73.9 Å². The Kier molecular flexibility index (Phi) is 8.43. The number of anilines is 1. The van der Waals surface area contributed by atoms with E-state index >= 15 is 0 Å². The molecule has 0 aliphatic rings. The third-order valence-corrected chi connectivity index (χ3v) is 6.69. The van der Waals surface area contributed by atoms with Gasteiger partial charge in [-0.25, -0.2) is 13.8 Å². The van der Waals surface area contributed by atoms with Gasteiger partial charge in [-0.3, -0.25) is 9.10 Å². The second-order valence-corrected chi connectivity index (χ2v) is 9.70. The first kappa shape index (κ1) is 25.0. The van der Waals surface area contributed by atoms with Crippen molar-refractivity contribution in [2.45, 2.75) is 38.2 Å². The van der Waals surface area contributed by atoms with Crippen LogP contribution >= 0.6 is 0 Å². The maximum absolute atomic E-state index is 13.4. The van der Waals surface area contributed by atoms with Crippen LogP contribution in [0.25, 0.3) is 0 Å². The summed E-state index contributed by atoms with van der Waals surface area (Å²) in [5, 5.41) is 3.99. The number of carbonyl (C=O) groups is 1. The van der Waals surface area contributed by atoms with E-state index in [9.17, 15) is 13.2 Å². The zero-order chi connectivity index (χ0) is 24.6. The molecule has 0 radical (unpaired) electrons. The average Bonchev–Trinajstić information content (AvgIpc) is 2.84. The summed E-state index contributed by atoms with van der Waals surface area (Å²) < 4.78 is 33.6. The van der Waals surface area contributed by atoms with Gasteiger partial charge in [0.2, 0.25) is 0 Å². The van der Waals surface area contributed by atoms with Crippen LogP contribution in [0.3, 0.4) is 0 Å². The number of aryl methyl sites for hydroxylation is 1. The van der Waals surface area contributed by atoms with E-state index in [4.69, 9.17) is 4.74 Å². The van der Waals surface area contributed by atoms with Crippen molar-refractivity contribution in [3.05, 3.63) is 90.0 Å². The molecule has 1 N–H and O–H groups in total. The molecule has 0 spiro atoms. The molecule has 0 aromatic heterocycles. The Balaban J connectivity index is 1.78. The lowest BCUT2D eigenvalue weighted by Crippen LogP contribution is -2.40. The minimum atomic E-state index is -3.97. The molecule has 0 atom stereocenters. The summed E-state index contributed by atoms with van der Waals surface area (Å²) >= 11 is 0. The van der Waals surface area contributed by atoms with Gasteiger partial charge in [0.25, 0.3) is 15.9 Å². The molecular formula is C26H29N3O4S. The van der Waals surface area contributed by atoms with Crippen LogP contribution in [0.4, 0.5) is 5.69 Å². The van der Waals surface area contributed by atoms with Gasteiger partial charge in [0, 0.05) is 0 Å². The quantitative estimate of drug-likeness (QED) is 0.345. The molecule has 3 rings (SSSR count). The summed E-state index contributed by atoms with van der Waals surface area (Å²) in [5.41, 5.74) is 4.49. The molecule has 1 amide bonds. The molecule has 0 aliphatic carbocycles. The fraction of sp³-hybridized carbons (Fsp3) is 0.231. The third-order valence-electron chi connectivity index (χ3n) is 4.91. The van der Waals surface area contributed by atoms with E-state index in [1.165, 1.54) is 18.3 Å². The van der Waals surface area contributed by atoms with Crippen LogP contribution in [0.1, 0.15) is 31.9 Å². The van der Waals surface area contributed by atoms with E-state index in [1.807, 2.05) is 57.2 Å². The first-order valence-corrected chi connectivity index (χ1v) is 12.5. The molecule has 0 aliphatic heterocycles. The lowest BCUT2D eigenvalue weighted by molar-refractivity contribution is -0.119. The number of carbonyl (C=O) groups excluding carboxylic acids is 1. The Labute approximate surface area is 201 Å². The first-order chi connectivity index (χ1) is 16.3. The molecule has 0 bridgehead atoms. The van der Waals surface area contributed by atoms with Crippen molar-refractivity contribution in [2.24, 2.45) is 5.10 Å². The smallest absolute Gasteiger partial charge is 0.264 e. The van der Waals surface area contributed by atoms with Gasteiger partial charge in [-0.15, -0.1) is 0 Å². The highest BCUT2D eigenvalue weighted by atomic mass is 32.2. The normalized spacial score (nSPS) is 11.5. The number of hydrazone groups is 1. The van der Waals surface area contributed by atoms with E-state index < -0.39 is 22.5 Å². The number of rotatable bonds is 10. The maximum atomic E-state index is 13.4. The van der Waals surface area contributed by atoms with Crippen molar-refractivity contribution >= 4 is 27.8 Å². The van der Waals surface area contributed by atoms with E-state index in [-0.39, 0.29) is 11.0 Å². The number of hydrogen-bond donors (Lipinski definition) is 1. The SMILES string of the molecule is CCc1ccccc1N(CC(=O)N/N=C\c1ccc(OC(C)C)cc1)S(=O)(=O)c1ccccc1. The lowest BCUT2D eigenvalue weighted by atomic mass is 10.1. The molecule has 0 unspecified atom stereocenters. The van der Waals surface area contributed by atoms with Gasteiger partial charge < -0.3 is 4.74 Å². The molecule has 3 aromatic carbocycles. The summed E-state index contributed by atoms with van der Waals surface area (Å²) in [5.74, 6) is 0.189. The summed E-state index contributed by atoms with van der Waals surface area (Å²) in [7, 11) is -3.97. The van der Waals surface area contributed by atoms with Gasteiger partial charge in [-0.1, -0.05) is 43.3 Å². The number of sulfonamides is 1. The van der Waals surface area contributed by atoms with Crippen LogP contribution in [0.5, 0.6) is 5.75 Å². The summed E-state index contributed by atoms with van der Waals surface area (Å²) in [4.78, 5) is 12.8. The predicted octanol–water partition coefficient (Wildman–Crippen LogP) is 4.38. The van der Waals surface area contributed by atoms with Crippen molar-refractivity contribution in [3.63, 3.8) is 0 Å². The summed E-state index contributed by atoms with van der Waals surface area (Å²) in [6.45, 7) is 5.43. The monoisotopic (exact) mass is 479 g/mol. The van der Waals surface area contributed by atoms with Crippen LogP contribution in [0, 0.1) is 0 Å². The molecule has 178 valence electrons. The molecule has 0 fully saturated rings. The minimum absolute atomic E-state index is 0.0757. The zero-order valence-corrected chi connectivity index (χ0v) is 20.3. The zero-order valence-electron chi connectivity index (χ0n) is 19.5. The molecule has 8 heteroatoms. The van der Waals surface area contributed by atoms with Crippen LogP contribution in [-0.4, -0.2) is 33.2 Å². The van der Waals surface area contributed by atoms with Gasteiger partial charge in [0.1, 0.15) is 12.3 Å². The van der Waals surface area contributed by atoms with Gasteiger partial charge >= 0.3 is 0 Å². The van der Waals surface area contributed by atoms with Crippen molar-refractivity contribution in [1.29, 1.82) is 0 Å². The van der Waals surface area contributed by atoms with Crippen molar-refractivity contribution in [1.82, 2.24) is 5.43 Å². The second-order valence-electron chi connectivity index (χ2n) is 7.84. The Morgan fingerprint density at radius 2 is 1.65 bits per heavy atom. The second kappa shape index (κ2) is 11.5. The summed E-state index contributed by atoms with van der Waals surface area (Å²) in [6.07, 6.45) is 2.19. The van der Waals surface area contributed by atoms with Crippen molar-refractivity contribution < 1.29 is 17.9 Å². The number of nitrogens with zero attached hydrogens (tertiary/aromatic N) is 2. The van der Waals surface area contributed by atoms with Crippen molar-refractivity contribution in [3.8, 4) is 5.75 Å². The fourth-order valence-electron chi connectivity index (χ4n) is 3.32. The van der Waals surface area contributed by atoms with Gasteiger partial charge in [0.15, 0.2) is 0 Å². The largest absolute Gasteiger partial charge is 0.491 e. The van der Waals surface area contributed by atoms with Crippen LogP contribution in [-0.2, 0) is 21.2 Å². The standard InChI is InChI=1S/C26H29N3O4S/c1-4-22-10-8-9-13-25(22)29(34(31,32)24-11-6-5-7-12-24)19-26(30)28-27-18-21-14-16-23(17-15-21)33-20(2)3/h5-18,20H,4,19H2,1-3H3,(H,28,30)/b27-18-. The fourth-order valence-corrected chi connectivity index (χ4v) is 4.80. The number of benzene rings is 3. The van der Waals surface area contributed by atoms with E-state index in [0.717, 1.165) is 21.2 Å². The highest BCUT2D eigenvalue weighted by Gasteiger charge is 2.28. The molecule has 0 heterocycles. The molecule has 0 saturated carbocycles. The number of amides is 1. The maximum Gasteiger partial charge on any atom is 0.264 e. The lowest BCUT2D eigenvalue weighted by Gasteiger charge is -2.25. The highest BCUT2D eigenvalue weighted by Crippen LogP contribution is 2.27. The highest BCUT2D eigenvalue weighted by molar-refractivity contribution is 7.92. The van der Waals surface area contributed by atoms with Gasteiger partial charge in [0.05, 0.1) is 22.9 Å². The molecule has 3 aromatic rings. The Morgan fingerprint density at radius 1 is 1.00 bits per heavy atom. The molecule has 0 saturated heterocycles. The van der Waals surface area contributed by atoms with E-state index in [1.54, 1.807) is 30.3 Å². The Hall–Kier alpha value is -3.65. The average molecular weight is 480 g/mol. The third kappa shape index (κ3) is 6.45. The van der Waals surface area contributed by atoms with Crippen molar-refractivity contribution in [2.75, 3.05) is 10.8 Å². The van der Waals surface area contributed by atoms with E-state index in [2.05, 4.69) is 10.5 Å². The number of ether oxygens (including phenoxy) is 1. The molecule has 7 nitrogen and oxygen atoms in total. The Morgan fingerprint density at radius 3 is 2.29 bits per heavy atom. The topological polar surface area (TPSA) is 88.1 Å². The van der Waals surface area contributed by atoms with Crippen LogP contribution in [0.2, 0.25) is 0 Å². The van der Waals surface area contributed by atoms with Crippen LogP contribution in [0.15, 0.2) is 88.9 Å². The first-order valence-electron chi connectivity index (χ1n) is 11.1. The number of hydrogen-bond acceptors (Lipinski definition) is 5. The number of para-hydroxylation sites is 1. The summed E-state index contributed by atoms with van der Waals surface area (Å²) in [6, 6.07) is 22.5. The van der Waals surface area contributed by atoms with Gasteiger partial charge in [-0.2, -0.15) is 5.10 Å². The molecular weight excluding hydrogens is 450 g/mol. The minimum Gasteiger partial charge on any atom is -0.491 e. The molecule has 34 heavy (non-hydrogen) atoms. The van der Waals surface area contributed by atoms with E-state index in [0.29, 0.717) is 12.1 Å².